The molecule has 1 spiro atoms. The van der Waals surface area contributed by atoms with E-state index < -0.39 is 11.9 Å². The zero-order valence-electron chi connectivity index (χ0n) is 25.2. The van der Waals surface area contributed by atoms with E-state index in [1.54, 1.807) is 17.2 Å². The Balaban J connectivity index is 1.28. The van der Waals surface area contributed by atoms with Crippen molar-refractivity contribution in [1.82, 2.24) is 5.32 Å². The number of ether oxygens (including phenoxy) is 3. The number of alkyl halides is 1. The van der Waals surface area contributed by atoms with Crippen LogP contribution in [0.25, 0.3) is 0 Å². The molecular weight excluding hydrogens is 517 g/mol. The van der Waals surface area contributed by atoms with Gasteiger partial charge in [-0.25, -0.2) is 4.79 Å². The minimum atomic E-state index is -0.439. The van der Waals surface area contributed by atoms with E-state index in [1.807, 2.05) is 0 Å². The SMILES string of the molecule is C=CCNC(=O)OCc1ccc(C2CC3(C)C(CF)CCC3C3CCC4CC5(CCC4=C23)OCC(C)(C)CO5)cc1. The molecule has 0 aromatic heterocycles. The van der Waals surface area contributed by atoms with Gasteiger partial charge in [-0.2, -0.15) is 0 Å². The lowest BCUT2D eigenvalue weighted by Crippen LogP contribution is -2.52. The molecule has 1 aliphatic heterocycles. The van der Waals surface area contributed by atoms with Crippen LogP contribution in [0.15, 0.2) is 48.1 Å². The van der Waals surface area contributed by atoms with Gasteiger partial charge < -0.3 is 19.5 Å². The lowest BCUT2D eigenvalue weighted by atomic mass is 9.51. The van der Waals surface area contributed by atoms with Crippen molar-refractivity contribution in [2.45, 2.75) is 90.4 Å². The first kappa shape index (κ1) is 28.9. The first-order chi connectivity index (χ1) is 19.7. The molecule has 1 aromatic rings. The fraction of sp³-hybridized carbons (Fsp3) is 0.686. The number of fused-ring (bicyclic) bond motifs is 4. The molecule has 1 amide bonds. The van der Waals surface area contributed by atoms with Crippen molar-refractivity contribution in [2.24, 2.45) is 34.5 Å². The topological polar surface area (TPSA) is 56.8 Å². The summed E-state index contributed by atoms with van der Waals surface area (Å²) in [7, 11) is 0. The summed E-state index contributed by atoms with van der Waals surface area (Å²) in [5.74, 6) is 1.65. The summed E-state index contributed by atoms with van der Waals surface area (Å²) in [5.41, 5.74) is 5.71. The van der Waals surface area contributed by atoms with Gasteiger partial charge in [-0.3, -0.25) is 4.39 Å². The summed E-state index contributed by atoms with van der Waals surface area (Å²) in [4.78, 5) is 11.9. The van der Waals surface area contributed by atoms with Gasteiger partial charge in [0, 0.05) is 30.7 Å². The maximum absolute atomic E-state index is 14.4. The van der Waals surface area contributed by atoms with E-state index in [-0.39, 0.29) is 30.0 Å². The number of carbonyl (C=O) groups excluding carboxylic acids is 1. The number of nitrogens with one attached hydrogen (secondary N) is 1. The van der Waals surface area contributed by atoms with E-state index in [0.29, 0.717) is 30.2 Å². The first-order valence-electron chi connectivity index (χ1n) is 15.8. The van der Waals surface area contributed by atoms with Crippen LogP contribution in [0.3, 0.4) is 0 Å². The summed E-state index contributed by atoms with van der Waals surface area (Å²) < 4.78 is 32.7. The summed E-state index contributed by atoms with van der Waals surface area (Å²) >= 11 is 0. The fourth-order valence-corrected chi connectivity index (χ4v) is 9.08. The van der Waals surface area contributed by atoms with Gasteiger partial charge in [-0.1, -0.05) is 62.3 Å². The van der Waals surface area contributed by atoms with Gasteiger partial charge in [0.1, 0.15) is 6.61 Å². The van der Waals surface area contributed by atoms with Crippen molar-refractivity contribution in [1.29, 1.82) is 0 Å². The van der Waals surface area contributed by atoms with Gasteiger partial charge in [-0.15, -0.1) is 6.58 Å². The number of halogens is 1. The zero-order valence-corrected chi connectivity index (χ0v) is 25.2. The summed E-state index contributed by atoms with van der Waals surface area (Å²) in [6.45, 7) is 12.4. The molecule has 6 atom stereocenters. The van der Waals surface area contributed by atoms with Crippen LogP contribution >= 0.6 is 0 Å². The Labute approximate surface area is 245 Å². The van der Waals surface area contributed by atoms with E-state index in [1.165, 1.54) is 18.4 Å². The predicted molar refractivity (Wildman–Crippen MR) is 158 cm³/mol. The number of amides is 1. The molecule has 0 radical (unpaired) electrons. The quantitative estimate of drug-likeness (QED) is 0.357. The molecule has 6 rings (SSSR count). The molecule has 1 N–H and O–H groups in total. The number of alkyl carbamates (subject to hydrolysis) is 1. The van der Waals surface area contributed by atoms with Gasteiger partial charge >= 0.3 is 6.09 Å². The van der Waals surface area contributed by atoms with Crippen LogP contribution in [0.5, 0.6) is 0 Å². The summed E-state index contributed by atoms with van der Waals surface area (Å²) in [5, 5.41) is 2.65. The minimum Gasteiger partial charge on any atom is -0.445 e. The number of carbonyl (C=O) groups is 1. The molecule has 4 aliphatic carbocycles. The van der Waals surface area contributed by atoms with Crippen LogP contribution in [-0.4, -0.2) is 38.3 Å². The predicted octanol–water partition coefficient (Wildman–Crippen LogP) is 7.86. The Kier molecular flexibility index (Phi) is 7.86. The highest BCUT2D eigenvalue weighted by atomic mass is 19.1. The van der Waals surface area contributed by atoms with Crippen molar-refractivity contribution in [3.63, 3.8) is 0 Å². The number of allylic oxidation sites excluding steroid dienone is 2. The van der Waals surface area contributed by atoms with Gasteiger partial charge in [0.25, 0.3) is 0 Å². The summed E-state index contributed by atoms with van der Waals surface area (Å²) in [6.07, 6.45) is 9.66. The lowest BCUT2D eigenvalue weighted by Gasteiger charge is -2.55. The fourth-order valence-electron chi connectivity index (χ4n) is 9.08. The van der Waals surface area contributed by atoms with E-state index in [2.05, 4.69) is 56.9 Å². The van der Waals surface area contributed by atoms with E-state index in [4.69, 9.17) is 14.2 Å². The Morgan fingerprint density at radius 3 is 2.56 bits per heavy atom. The first-order valence-corrected chi connectivity index (χ1v) is 15.8. The second-order valence-corrected chi connectivity index (χ2v) is 14.5. The monoisotopic (exact) mass is 565 g/mol. The molecule has 6 heteroatoms. The van der Waals surface area contributed by atoms with Crippen LogP contribution < -0.4 is 5.32 Å². The highest BCUT2D eigenvalue weighted by molar-refractivity contribution is 5.67. The molecule has 6 unspecified atom stereocenters. The van der Waals surface area contributed by atoms with Crippen molar-refractivity contribution in [3.05, 3.63) is 59.2 Å². The Hall–Kier alpha value is -2.18. The van der Waals surface area contributed by atoms with Gasteiger partial charge in [-0.05, 0) is 78.7 Å². The lowest BCUT2D eigenvalue weighted by molar-refractivity contribution is -0.312. The number of hydrogen-bond acceptors (Lipinski definition) is 4. The van der Waals surface area contributed by atoms with Crippen molar-refractivity contribution in [2.75, 3.05) is 26.4 Å². The summed E-state index contributed by atoms with van der Waals surface area (Å²) in [6, 6.07) is 8.63. The number of rotatable bonds is 6. The highest BCUT2D eigenvalue weighted by Crippen LogP contribution is 2.66. The maximum atomic E-state index is 14.4. The van der Waals surface area contributed by atoms with Gasteiger partial charge in [0.05, 0.1) is 19.9 Å². The average molecular weight is 566 g/mol. The third-order valence-corrected chi connectivity index (χ3v) is 11.3. The molecule has 1 aromatic carbocycles. The third kappa shape index (κ3) is 5.40. The molecule has 4 fully saturated rings. The van der Waals surface area contributed by atoms with E-state index in [0.717, 1.165) is 57.3 Å². The van der Waals surface area contributed by atoms with Crippen LogP contribution in [0.2, 0.25) is 0 Å². The average Bonchev–Trinajstić information content (AvgIpc) is 3.32. The molecule has 1 heterocycles. The maximum Gasteiger partial charge on any atom is 0.407 e. The van der Waals surface area contributed by atoms with Crippen LogP contribution in [-0.2, 0) is 20.8 Å². The molecule has 3 saturated carbocycles. The highest BCUT2D eigenvalue weighted by Gasteiger charge is 2.58. The number of hydrogen-bond donors (Lipinski definition) is 1. The normalized spacial score (nSPS) is 35.3. The van der Waals surface area contributed by atoms with E-state index in [9.17, 15) is 9.18 Å². The van der Waals surface area contributed by atoms with Crippen molar-refractivity contribution < 1.29 is 23.4 Å². The van der Waals surface area contributed by atoms with Crippen molar-refractivity contribution >= 4 is 6.09 Å². The molecule has 41 heavy (non-hydrogen) atoms. The second-order valence-electron chi connectivity index (χ2n) is 14.5. The zero-order chi connectivity index (χ0) is 28.8. The smallest absolute Gasteiger partial charge is 0.407 e. The Morgan fingerprint density at radius 1 is 1.10 bits per heavy atom. The minimum absolute atomic E-state index is 0.0308. The Bertz CT molecular complexity index is 1170. The molecule has 5 aliphatic rings. The molecular formula is C35H48FNO4. The largest absolute Gasteiger partial charge is 0.445 e. The molecule has 0 bridgehead atoms. The van der Waals surface area contributed by atoms with Crippen LogP contribution in [0.1, 0.15) is 89.2 Å². The van der Waals surface area contributed by atoms with Crippen LogP contribution in [0, 0.1) is 34.5 Å². The van der Waals surface area contributed by atoms with E-state index >= 15 is 0 Å². The van der Waals surface area contributed by atoms with Gasteiger partial charge in [0.2, 0.25) is 0 Å². The van der Waals surface area contributed by atoms with Crippen molar-refractivity contribution in [3.8, 4) is 0 Å². The third-order valence-electron chi connectivity index (χ3n) is 11.3. The van der Waals surface area contributed by atoms with Gasteiger partial charge in [0.15, 0.2) is 5.79 Å². The Morgan fingerprint density at radius 2 is 1.85 bits per heavy atom. The molecule has 5 nitrogen and oxygen atoms in total. The molecule has 1 saturated heterocycles. The molecule has 224 valence electrons. The standard InChI is InChI=1S/C35H48FNO4/c1-5-16-37-32(38)39-20-23-6-8-24(9-7-23)29-18-34(4)26(19-36)11-13-30(34)28-12-10-25-17-35(15-14-27(25)31(28)29)40-21-33(2,3)22-41-35/h5-9,25-26,28-30H,1,10-22H2,2-4H3,(H,37,38). The van der Waals surface area contributed by atoms with Crippen LogP contribution in [0.4, 0.5) is 9.18 Å². The second kappa shape index (κ2) is 11.1. The number of benzene rings is 1.